The molecule has 16 heavy (non-hydrogen) atoms. The fourth-order valence-corrected chi connectivity index (χ4v) is 1.16. The van der Waals surface area contributed by atoms with Crippen LogP contribution in [0.15, 0.2) is 0 Å². The molecule has 1 heterocycles. The summed E-state index contributed by atoms with van der Waals surface area (Å²) in [6, 6.07) is 0. The summed E-state index contributed by atoms with van der Waals surface area (Å²) < 4.78 is 4.69. The van der Waals surface area contributed by atoms with Gasteiger partial charge in [0.25, 0.3) is 11.8 Å². The SMILES string of the molecule is O=C1CCC(=O)N1OOCCCCOCO. The molecule has 0 unspecified atom stereocenters. The Morgan fingerprint density at radius 1 is 1.12 bits per heavy atom. The van der Waals surface area contributed by atoms with Crippen LogP contribution < -0.4 is 0 Å². The van der Waals surface area contributed by atoms with Gasteiger partial charge in [-0.3, -0.25) is 9.59 Å². The Morgan fingerprint density at radius 2 is 1.75 bits per heavy atom. The van der Waals surface area contributed by atoms with Crippen LogP contribution in [0.2, 0.25) is 0 Å². The minimum atomic E-state index is -0.381. The molecule has 0 atom stereocenters. The van der Waals surface area contributed by atoms with E-state index in [1.165, 1.54) is 0 Å². The zero-order chi connectivity index (χ0) is 11.8. The lowest BCUT2D eigenvalue weighted by Crippen LogP contribution is -2.29. The van der Waals surface area contributed by atoms with E-state index in [1.54, 1.807) is 0 Å². The maximum Gasteiger partial charge on any atom is 0.256 e. The van der Waals surface area contributed by atoms with E-state index < -0.39 is 0 Å². The van der Waals surface area contributed by atoms with Crippen molar-refractivity contribution in [1.82, 2.24) is 5.06 Å². The number of hydrogen-bond acceptors (Lipinski definition) is 6. The van der Waals surface area contributed by atoms with Gasteiger partial charge in [0.2, 0.25) is 0 Å². The molecule has 0 saturated carbocycles. The molecular weight excluding hydrogens is 218 g/mol. The summed E-state index contributed by atoms with van der Waals surface area (Å²) in [5, 5.41) is 8.95. The van der Waals surface area contributed by atoms with Crippen LogP contribution in [0.4, 0.5) is 0 Å². The standard InChI is InChI=1S/C9H15NO6/c11-7-14-5-1-2-6-15-16-10-8(12)3-4-9(10)13/h11H,1-7H2. The molecule has 92 valence electrons. The second-order valence-electron chi connectivity index (χ2n) is 3.22. The first-order valence-electron chi connectivity index (χ1n) is 5.09. The lowest BCUT2D eigenvalue weighted by atomic mass is 10.3. The van der Waals surface area contributed by atoms with Crippen LogP contribution >= 0.6 is 0 Å². The van der Waals surface area contributed by atoms with Crippen LogP contribution in [0, 0.1) is 0 Å². The topological polar surface area (TPSA) is 85.3 Å². The molecule has 0 radical (unpaired) electrons. The summed E-state index contributed by atoms with van der Waals surface area (Å²) in [6.07, 6.45) is 1.70. The molecule has 1 aliphatic rings. The van der Waals surface area contributed by atoms with Crippen molar-refractivity contribution in [3.8, 4) is 0 Å². The Morgan fingerprint density at radius 3 is 2.38 bits per heavy atom. The van der Waals surface area contributed by atoms with Gasteiger partial charge in [-0.2, -0.15) is 0 Å². The van der Waals surface area contributed by atoms with Crippen molar-refractivity contribution < 1.29 is 29.3 Å². The van der Waals surface area contributed by atoms with Crippen LogP contribution in [0.1, 0.15) is 25.7 Å². The van der Waals surface area contributed by atoms with Crippen LogP contribution in [0.25, 0.3) is 0 Å². The summed E-state index contributed by atoms with van der Waals surface area (Å²) in [7, 11) is 0. The van der Waals surface area contributed by atoms with Gasteiger partial charge in [-0.05, 0) is 12.8 Å². The zero-order valence-electron chi connectivity index (χ0n) is 8.89. The van der Waals surface area contributed by atoms with E-state index in [0.29, 0.717) is 24.5 Å². The van der Waals surface area contributed by atoms with Gasteiger partial charge in [-0.1, -0.05) is 0 Å². The number of rotatable bonds is 8. The Labute approximate surface area is 92.8 Å². The molecule has 1 aliphatic heterocycles. The van der Waals surface area contributed by atoms with E-state index in [2.05, 4.69) is 9.73 Å². The van der Waals surface area contributed by atoms with E-state index in [4.69, 9.17) is 9.99 Å². The first-order chi connectivity index (χ1) is 7.75. The van der Waals surface area contributed by atoms with Crippen LogP contribution in [0.3, 0.4) is 0 Å². The van der Waals surface area contributed by atoms with Crippen LogP contribution in [0.5, 0.6) is 0 Å². The highest BCUT2D eigenvalue weighted by molar-refractivity contribution is 6.00. The van der Waals surface area contributed by atoms with E-state index in [-0.39, 0.29) is 38.1 Å². The molecule has 0 aliphatic carbocycles. The number of ether oxygens (including phenoxy) is 1. The fraction of sp³-hybridized carbons (Fsp3) is 0.778. The normalized spacial score (nSPS) is 16.2. The van der Waals surface area contributed by atoms with Gasteiger partial charge in [-0.15, -0.1) is 10.1 Å². The number of aliphatic hydroxyl groups is 1. The summed E-state index contributed by atoms with van der Waals surface area (Å²) in [5.74, 6) is -0.762. The van der Waals surface area contributed by atoms with Crippen molar-refractivity contribution in [1.29, 1.82) is 0 Å². The number of imide groups is 1. The number of carbonyl (C=O) groups excluding carboxylic acids is 2. The fourth-order valence-electron chi connectivity index (χ4n) is 1.16. The zero-order valence-corrected chi connectivity index (χ0v) is 8.89. The Kier molecular flexibility index (Phi) is 5.94. The largest absolute Gasteiger partial charge is 0.371 e. The molecule has 1 N–H and O–H groups in total. The monoisotopic (exact) mass is 233 g/mol. The summed E-state index contributed by atoms with van der Waals surface area (Å²) in [4.78, 5) is 31.4. The highest BCUT2D eigenvalue weighted by atomic mass is 17.3. The van der Waals surface area contributed by atoms with Crippen molar-refractivity contribution in [2.45, 2.75) is 25.7 Å². The second-order valence-corrected chi connectivity index (χ2v) is 3.22. The van der Waals surface area contributed by atoms with Crippen molar-refractivity contribution in [2.24, 2.45) is 0 Å². The van der Waals surface area contributed by atoms with Crippen molar-refractivity contribution in [3.63, 3.8) is 0 Å². The molecule has 0 aromatic heterocycles. The Bertz CT molecular complexity index is 228. The quantitative estimate of drug-likeness (QED) is 0.204. The minimum Gasteiger partial charge on any atom is -0.371 e. The van der Waals surface area contributed by atoms with E-state index >= 15 is 0 Å². The Hall–Kier alpha value is -1.02. The molecule has 0 bridgehead atoms. The first-order valence-corrected chi connectivity index (χ1v) is 5.09. The smallest absolute Gasteiger partial charge is 0.256 e. The van der Waals surface area contributed by atoms with Gasteiger partial charge in [0, 0.05) is 19.4 Å². The highest BCUT2D eigenvalue weighted by Gasteiger charge is 2.31. The maximum absolute atomic E-state index is 11.0. The molecule has 7 heteroatoms. The van der Waals surface area contributed by atoms with Crippen LogP contribution in [-0.2, 0) is 24.2 Å². The molecular formula is C9H15NO6. The molecule has 7 nitrogen and oxygen atoms in total. The number of carbonyl (C=O) groups is 2. The third-order valence-corrected chi connectivity index (χ3v) is 1.99. The van der Waals surface area contributed by atoms with E-state index in [1.807, 2.05) is 0 Å². The average Bonchev–Trinajstić information content (AvgIpc) is 2.59. The number of unbranched alkanes of at least 4 members (excludes halogenated alkanes) is 1. The molecule has 1 saturated heterocycles. The lowest BCUT2D eigenvalue weighted by Gasteiger charge is -2.10. The summed E-state index contributed by atoms with van der Waals surface area (Å²) >= 11 is 0. The molecule has 0 spiro atoms. The molecule has 0 aromatic carbocycles. The number of nitrogens with zero attached hydrogens (tertiary/aromatic N) is 1. The van der Waals surface area contributed by atoms with Gasteiger partial charge >= 0.3 is 0 Å². The highest BCUT2D eigenvalue weighted by Crippen LogP contribution is 2.12. The van der Waals surface area contributed by atoms with Crippen molar-refractivity contribution in [3.05, 3.63) is 0 Å². The van der Waals surface area contributed by atoms with Gasteiger partial charge < -0.3 is 9.84 Å². The summed E-state index contributed by atoms with van der Waals surface area (Å²) in [5.41, 5.74) is 0. The third kappa shape index (κ3) is 4.23. The number of hydrogen-bond donors (Lipinski definition) is 1. The third-order valence-electron chi connectivity index (χ3n) is 1.99. The van der Waals surface area contributed by atoms with E-state index in [0.717, 1.165) is 0 Å². The lowest BCUT2D eigenvalue weighted by molar-refractivity contribution is -0.393. The van der Waals surface area contributed by atoms with Gasteiger partial charge in [0.05, 0.1) is 6.61 Å². The molecule has 2 amide bonds. The number of aliphatic hydroxyl groups excluding tert-OH is 1. The average molecular weight is 233 g/mol. The molecule has 0 aromatic rings. The second kappa shape index (κ2) is 7.29. The Balaban J connectivity index is 1.98. The number of amides is 2. The number of hydroxylamine groups is 2. The maximum atomic E-state index is 11.0. The minimum absolute atomic E-state index is 0.173. The predicted octanol–water partition coefficient (Wildman–Crippen LogP) is -0.255. The van der Waals surface area contributed by atoms with E-state index in [9.17, 15) is 9.59 Å². The first kappa shape index (κ1) is 13.0. The van der Waals surface area contributed by atoms with Crippen molar-refractivity contribution in [2.75, 3.05) is 20.0 Å². The van der Waals surface area contributed by atoms with Gasteiger partial charge in [0.15, 0.2) is 0 Å². The predicted molar refractivity (Wildman–Crippen MR) is 50.4 cm³/mol. The van der Waals surface area contributed by atoms with Crippen molar-refractivity contribution >= 4 is 11.8 Å². The molecule has 1 fully saturated rings. The molecule has 1 rings (SSSR count). The van der Waals surface area contributed by atoms with Gasteiger partial charge in [-0.25, -0.2) is 4.89 Å². The summed E-state index contributed by atoms with van der Waals surface area (Å²) in [6.45, 7) is 0.390. The van der Waals surface area contributed by atoms with Gasteiger partial charge in [0.1, 0.15) is 6.79 Å². The van der Waals surface area contributed by atoms with Crippen LogP contribution in [-0.4, -0.2) is 42.0 Å².